The molecule has 0 spiro atoms. The number of H-pyrrole nitrogens is 1. The van der Waals surface area contributed by atoms with E-state index in [4.69, 9.17) is 0 Å². The Kier molecular flexibility index (Phi) is 2.12. The minimum atomic E-state index is -2.99. The Morgan fingerprint density at radius 2 is 2.12 bits per heavy atom. The standard InChI is InChI=1S/C11H16N2O3S/c1-11(5-6-17(15,16)7-11)13-10(14)8-3-2-4-9(8)12-13/h12H,2-7H2,1H3. The van der Waals surface area contributed by atoms with Crippen LogP contribution in [0.1, 0.15) is 31.0 Å². The number of nitrogens with zero attached hydrogens (tertiary/aromatic N) is 1. The molecule has 0 bridgehead atoms. The van der Waals surface area contributed by atoms with E-state index in [-0.39, 0.29) is 17.1 Å². The summed E-state index contributed by atoms with van der Waals surface area (Å²) in [5, 5.41) is 3.12. The molecule has 0 radical (unpaired) electrons. The van der Waals surface area contributed by atoms with Gasteiger partial charge in [-0.25, -0.2) is 13.1 Å². The smallest absolute Gasteiger partial charge is 0.270 e. The third-order valence-corrected chi connectivity index (χ3v) is 5.84. The van der Waals surface area contributed by atoms with Crippen LogP contribution in [-0.2, 0) is 28.2 Å². The van der Waals surface area contributed by atoms with E-state index in [1.54, 1.807) is 4.68 Å². The monoisotopic (exact) mass is 256 g/mol. The molecule has 5 nitrogen and oxygen atoms in total. The van der Waals surface area contributed by atoms with Gasteiger partial charge in [0.15, 0.2) is 9.84 Å². The van der Waals surface area contributed by atoms with Crippen LogP contribution in [0.4, 0.5) is 0 Å². The van der Waals surface area contributed by atoms with Crippen molar-refractivity contribution in [3.8, 4) is 0 Å². The van der Waals surface area contributed by atoms with E-state index in [2.05, 4.69) is 5.10 Å². The van der Waals surface area contributed by atoms with Gasteiger partial charge < -0.3 is 0 Å². The highest BCUT2D eigenvalue weighted by molar-refractivity contribution is 7.91. The van der Waals surface area contributed by atoms with Crippen LogP contribution in [0.15, 0.2) is 4.79 Å². The van der Waals surface area contributed by atoms with Crippen LogP contribution in [0.25, 0.3) is 0 Å². The summed E-state index contributed by atoms with van der Waals surface area (Å²) in [6.45, 7) is 1.85. The first-order valence-electron chi connectivity index (χ1n) is 5.95. The van der Waals surface area contributed by atoms with Crippen molar-refractivity contribution in [2.45, 2.75) is 38.1 Å². The normalized spacial score (nSPS) is 30.6. The number of aryl methyl sites for hydroxylation is 1. The molecule has 1 fully saturated rings. The number of sulfone groups is 1. The molecule has 2 heterocycles. The summed E-state index contributed by atoms with van der Waals surface area (Å²) in [7, 11) is -2.99. The highest BCUT2D eigenvalue weighted by Gasteiger charge is 2.42. The third-order valence-electron chi connectivity index (χ3n) is 3.95. The van der Waals surface area contributed by atoms with Gasteiger partial charge in [-0.05, 0) is 32.6 Å². The highest BCUT2D eigenvalue weighted by atomic mass is 32.2. The largest absolute Gasteiger partial charge is 0.299 e. The summed E-state index contributed by atoms with van der Waals surface area (Å²) in [5.74, 6) is 0.249. The highest BCUT2D eigenvalue weighted by Crippen LogP contribution is 2.30. The van der Waals surface area contributed by atoms with E-state index in [0.29, 0.717) is 6.42 Å². The SMILES string of the molecule is CC1(n2[nH]c3c(c2=O)CCC3)CCS(=O)(=O)C1. The van der Waals surface area contributed by atoms with Crippen molar-refractivity contribution in [3.05, 3.63) is 21.6 Å². The van der Waals surface area contributed by atoms with Crippen molar-refractivity contribution in [1.29, 1.82) is 0 Å². The third kappa shape index (κ3) is 1.57. The Morgan fingerprint density at radius 3 is 2.71 bits per heavy atom. The molecule has 1 aromatic rings. The lowest BCUT2D eigenvalue weighted by molar-refractivity contribution is 0.316. The molecule has 6 heteroatoms. The first-order valence-corrected chi connectivity index (χ1v) is 7.77. The Balaban J connectivity index is 2.09. The fraction of sp³-hybridized carbons (Fsp3) is 0.727. The first kappa shape index (κ1) is 11.1. The van der Waals surface area contributed by atoms with Gasteiger partial charge >= 0.3 is 0 Å². The molecule has 1 N–H and O–H groups in total. The number of hydrogen-bond donors (Lipinski definition) is 1. The summed E-state index contributed by atoms with van der Waals surface area (Å²) >= 11 is 0. The van der Waals surface area contributed by atoms with E-state index < -0.39 is 15.4 Å². The van der Waals surface area contributed by atoms with Gasteiger partial charge in [-0.15, -0.1) is 0 Å². The molecule has 1 aliphatic carbocycles. The number of rotatable bonds is 1. The van der Waals surface area contributed by atoms with E-state index >= 15 is 0 Å². The van der Waals surface area contributed by atoms with Crippen LogP contribution in [0.2, 0.25) is 0 Å². The molecule has 1 unspecified atom stereocenters. The Morgan fingerprint density at radius 1 is 1.35 bits per heavy atom. The Hall–Kier alpha value is -1.04. The van der Waals surface area contributed by atoms with Crippen LogP contribution in [0, 0.1) is 0 Å². The van der Waals surface area contributed by atoms with Gasteiger partial charge in [-0.2, -0.15) is 0 Å². The zero-order chi connectivity index (χ0) is 12.3. The molecule has 1 atom stereocenters. The quantitative estimate of drug-likeness (QED) is 0.780. The Bertz CT molecular complexity index is 626. The van der Waals surface area contributed by atoms with Crippen LogP contribution in [0.3, 0.4) is 0 Å². The van der Waals surface area contributed by atoms with Gasteiger partial charge in [0.2, 0.25) is 0 Å². The van der Waals surface area contributed by atoms with Gasteiger partial charge in [-0.3, -0.25) is 9.89 Å². The topological polar surface area (TPSA) is 71.9 Å². The molecule has 17 heavy (non-hydrogen) atoms. The molecule has 0 saturated carbocycles. The average Bonchev–Trinajstić information content (AvgIpc) is 2.85. The zero-order valence-electron chi connectivity index (χ0n) is 9.82. The molecule has 0 amide bonds. The lowest BCUT2D eigenvalue weighted by Gasteiger charge is -2.23. The number of aromatic amines is 1. The summed E-state index contributed by atoms with van der Waals surface area (Å²) < 4.78 is 24.7. The molecule has 1 aliphatic heterocycles. The molecule has 1 aromatic heterocycles. The van der Waals surface area contributed by atoms with Crippen LogP contribution < -0.4 is 5.56 Å². The van der Waals surface area contributed by atoms with Gasteiger partial charge in [0.25, 0.3) is 5.56 Å². The van der Waals surface area contributed by atoms with Crippen LogP contribution in [-0.4, -0.2) is 29.7 Å². The molecule has 94 valence electrons. The molecule has 3 rings (SSSR count). The minimum absolute atomic E-state index is 0.0166. The van der Waals surface area contributed by atoms with Crippen LogP contribution >= 0.6 is 0 Å². The second-order valence-electron chi connectivity index (χ2n) is 5.40. The fourth-order valence-corrected chi connectivity index (χ4v) is 5.09. The van der Waals surface area contributed by atoms with E-state index in [1.807, 2.05) is 6.92 Å². The fourth-order valence-electron chi connectivity index (χ4n) is 2.97. The second kappa shape index (κ2) is 3.25. The van der Waals surface area contributed by atoms with E-state index in [9.17, 15) is 13.2 Å². The van der Waals surface area contributed by atoms with Gasteiger partial charge in [0.05, 0.1) is 17.0 Å². The number of hydrogen-bond acceptors (Lipinski definition) is 3. The molecule has 1 saturated heterocycles. The van der Waals surface area contributed by atoms with Crippen molar-refractivity contribution < 1.29 is 8.42 Å². The van der Waals surface area contributed by atoms with Crippen molar-refractivity contribution in [3.63, 3.8) is 0 Å². The average molecular weight is 256 g/mol. The lowest BCUT2D eigenvalue weighted by Crippen LogP contribution is -2.39. The second-order valence-corrected chi connectivity index (χ2v) is 7.59. The summed E-state index contributed by atoms with van der Waals surface area (Å²) in [5.41, 5.74) is 1.26. The first-order chi connectivity index (χ1) is 7.91. The maximum atomic E-state index is 12.2. The maximum Gasteiger partial charge on any atom is 0.270 e. The predicted molar refractivity (Wildman–Crippen MR) is 64.0 cm³/mol. The molecular formula is C11H16N2O3S. The maximum absolute atomic E-state index is 12.2. The van der Waals surface area contributed by atoms with Crippen molar-refractivity contribution in [2.75, 3.05) is 11.5 Å². The zero-order valence-corrected chi connectivity index (χ0v) is 10.6. The van der Waals surface area contributed by atoms with Gasteiger partial charge in [0.1, 0.15) is 0 Å². The van der Waals surface area contributed by atoms with Crippen molar-refractivity contribution in [1.82, 2.24) is 9.78 Å². The molecular weight excluding hydrogens is 240 g/mol. The number of aromatic nitrogens is 2. The molecule has 2 aliphatic rings. The summed E-state index contributed by atoms with van der Waals surface area (Å²) in [6.07, 6.45) is 3.27. The number of fused-ring (bicyclic) bond motifs is 1. The van der Waals surface area contributed by atoms with E-state index in [1.165, 1.54) is 0 Å². The lowest BCUT2D eigenvalue weighted by atomic mass is 10.0. The summed E-state index contributed by atoms with van der Waals surface area (Å²) in [6, 6.07) is 0. The van der Waals surface area contributed by atoms with Crippen LogP contribution in [0.5, 0.6) is 0 Å². The minimum Gasteiger partial charge on any atom is -0.299 e. The van der Waals surface area contributed by atoms with E-state index in [0.717, 1.165) is 30.5 Å². The van der Waals surface area contributed by atoms with Crippen molar-refractivity contribution in [2.24, 2.45) is 0 Å². The summed E-state index contributed by atoms with van der Waals surface area (Å²) in [4.78, 5) is 12.2. The Labute approximate surface area is 99.7 Å². The number of nitrogens with one attached hydrogen (secondary N) is 1. The van der Waals surface area contributed by atoms with Gasteiger partial charge in [-0.1, -0.05) is 0 Å². The predicted octanol–water partition coefficient (Wildman–Crippen LogP) is 0.199. The van der Waals surface area contributed by atoms with Crippen molar-refractivity contribution >= 4 is 9.84 Å². The molecule has 0 aromatic carbocycles. The van der Waals surface area contributed by atoms with Gasteiger partial charge in [0, 0.05) is 11.3 Å².